The predicted molar refractivity (Wildman–Crippen MR) is 102 cm³/mol. The van der Waals surface area contributed by atoms with Crippen molar-refractivity contribution in [2.75, 3.05) is 5.32 Å². The Hall–Kier alpha value is -3.58. The summed E-state index contributed by atoms with van der Waals surface area (Å²) in [5, 5.41) is 11.6. The van der Waals surface area contributed by atoms with Crippen molar-refractivity contribution in [1.82, 2.24) is 0 Å². The summed E-state index contributed by atoms with van der Waals surface area (Å²) in [7, 11) is 0. The highest BCUT2D eigenvalue weighted by Crippen LogP contribution is 2.21. The van der Waals surface area contributed by atoms with Crippen LogP contribution in [0.1, 0.15) is 12.5 Å². The Morgan fingerprint density at radius 3 is 2.15 bits per heavy atom. The molecule has 0 aliphatic heterocycles. The molecule has 3 aromatic carbocycles. The molecule has 0 fully saturated rings. The van der Waals surface area contributed by atoms with Crippen molar-refractivity contribution >= 4 is 11.6 Å². The molecule has 3 aromatic rings. The van der Waals surface area contributed by atoms with Crippen LogP contribution in [-0.2, 0) is 4.79 Å². The van der Waals surface area contributed by atoms with E-state index in [1.807, 2.05) is 60.7 Å². The highest BCUT2D eigenvalue weighted by molar-refractivity contribution is 5.94. The van der Waals surface area contributed by atoms with E-state index in [0.717, 1.165) is 11.1 Å². The first kappa shape index (κ1) is 17.2. The maximum absolute atomic E-state index is 12.3. The summed E-state index contributed by atoms with van der Waals surface area (Å²) >= 11 is 0. The van der Waals surface area contributed by atoms with Crippen LogP contribution in [0, 0.1) is 11.3 Å². The molecule has 1 amide bonds. The van der Waals surface area contributed by atoms with E-state index in [-0.39, 0.29) is 5.91 Å². The third-order valence-electron chi connectivity index (χ3n) is 3.93. The van der Waals surface area contributed by atoms with Crippen molar-refractivity contribution in [1.29, 1.82) is 5.26 Å². The first-order valence-electron chi connectivity index (χ1n) is 8.29. The number of hydrogen-bond acceptors (Lipinski definition) is 3. The molecule has 0 aliphatic carbocycles. The van der Waals surface area contributed by atoms with Gasteiger partial charge in [-0.3, -0.25) is 4.79 Å². The van der Waals surface area contributed by atoms with Gasteiger partial charge >= 0.3 is 0 Å². The standard InChI is InChI=1S/C22H18N2O2/c1-16(26-21-13-7-17(15-23)8-14-21)22(25)24-20-11-9-19(10-12-20)18-5-3-2-4-6-18/h2-14,16H,1H3,(H,24,25)/t16-/m1/s1. The Kier molecular flexibility index (Phi) is 5.31. The lowest BCUT2D eigenvalue weighted by Crippen LogP contribution is -2.30. The minimum atomic E-state index is -0.656. The molecule has 0 aliphatic rings. The lowest BCUT2D eigenvalue weighted by molar-refractivity contribution is -0.122. The molecule has 128 valence electrons. The summed E-state index contributed by atoms with van der Waals surface area (Å²) < 4.78 is 5.62. The molecule has 0 spiro atoms. The van der Waals surface area contributed by atoms with Gasteiger partial charge in [0.15, 0.2) is 6.10 Å². The van der Waals surface area contributed by atoms with Gasteiger partial charge in [0.25, 0.3) is 5.91 Å². The zero-order valence-electron chi connectivity index (χ0n) is 14.3. The van der Waals surface area contributed by atoms with Gasteiger partial charge in [0.05, 0.1) is 11.6 Å². The van der Waals surface area contributed by atoms with Crippen LogP contribution in [0.3, 0.4) is 0 Å². The summed E-state index contributed by atoms with van der Waals surface area (Å²) in [4.78, 5) is 12.3. The Morgan fingerprint density at radius 1 is 0.923 bits per heavy atom. The number of rotatable bonds is 5. The number of ether oxygens (including phenoxy) is 1. The van der Waals surface area contributed by atoms with Gasteiger partial charge in [-0.15, -0.1) is 0 Å². The van der Waals surface area contributed by atoms with Crippen molar-refractivity contribution in [3.63, 3.8) is 0 Å². The fourth-order valence-corrected chi connectivity index (χ4v) is 2.49. The van der Waals surface area contributed by atoms with Gasteiger partial charge in [0.2, 0.25) is 0 Å². The van der Waals surface area contributed by atoms with Crippen LogP contribution in [0.15, 0.2) is 78.9 Å². The number of carbonyl (C=O) groups is 1. The second kappa shape index (κ2) is 8.00. The molecule has 4 nitrogen and oxygen atoms in total. The second-order valence-corrected chi connectivity index (χ2v) is 5.83. The van der Waals surface area contributed by atoms with Crippen molar-refractivity contribution in [3.05, 3.63) is 84.4 Å². The molecule has 0 bridgehead atoms. The number of benzene rings is 3. The summed E-state index contributed by atoms with van der Waals surface area (Å²) in [5.41, 5.74) is 3.48. The fraction of sp³-hybridized carbons (Fsp3) is 0.0909. The van der Waals surface area contributed by atoms with E-state index in [4.69, 9.17) is 10.00 Å². The van der Waals surface area contributed by atoms with Crippen molar-refractivity contribution in [2.24, 2.45) is 0 Å². The third kappa shape index (κ3) is 4.28. The van der Waals surface area contributed by atoms with Crippen LogP contribution >= 0.6 is 0 Å². The van der Waals surface area contributed by atoms with Crippen LogP contribution < -0.4 is 10.1 Å². The minimum Gasteiger partial charge on any atom is -0.481 e. The monoisotopic (exact) mass is 342 g/mol. The number of amides is 1. The largest absolute Gasteiger partial charge is 0.481 e. The van der Waals surface area contributed by atoms with E-state index in [1.165, 1.54) is 0 Å². The number of nitriles is 1. The van der Waals surface area contributed by atoms with Gasteiger partial charge in [-0.1, -0.05) is 42.5 Å². The lowest BCUT2D eigenvalue weighted by atomic mass is 10.1. The Labute approximate surface area is 152 Å². The van der Waals surface area contributed by atoms with Gasteiger partial charge in [0.1, 0.15) is 5.75 Å². The lowest BCUT2D eigenvalue weighted by Gasteiger charge is -2.15. The fourth-order valence-electron chi connectivity index (χ4n) is 2.49. The first-order chi connectivity index (χ1) is 12.7. The average molecular weight is 342 g/mol. The van der Waals surface area contributed by atoms with Crippen LogP contribution in [0.4, 0.5) is 5.69 Å². The molecule has 1 N–H and O–H groups in total. The summed E-state index contributed by atoms with van der Waals surface area (Å²) in [6.45, 7) is 1.69. The van der Waals surface area contributed by atoms with Gasteiger partial charge in [-0.05, 0) is 54.4 Å². The summed E-state index contributed by atoms with van der Waals surface area (Å²) in [6, 6.07) is 26.4. The third-order valence-corrected chi connectivity index (χ3v) is 3.93. The number of anilines is 1. The van der Waals surface area contributed by atoms with Crippen LogP contribution in [0.5, 0.6) is 5.75 Å². The van der Waals surface area contributed by atoms with Gasteiger partial charge in [0, 0.05) is 5.69 Å². The molecule has 0 unspecified atom stereocenters. The Morgan fingerprint density at radius 2 is 1.54 bits per heavy atom. The number of nitrogens with zero attached hydrogens (tertiary/aromatic N) is 1. The molecule has 4 heteroatoms. The van der Waals surface area contributed by atoms with Gasteiger partial charge in [-0.25, -0.2) is 0 Å². The summed E-state index contributed by atoms with van der Waals surface area (Å²) in [6.07, 6.45) is -0.656. The Balaban J connectivity index is 1.61. The van der Waals surface area contributed by atoms with Crippen LogP contribution in [0.25, 0.3) is 11.1 Å². The van der Waals surface area contributed by atoms with Crippen LogP contribution in [-0.4, -0.2) is 12.0 Å². The molecule has 0 radical (unpaired) electrons. The number of hydrogen-bond donors (Lipinski definition) is 1. The van der Waals surface area contributed by atoms with Gasteiger partial charge in [-0.2, -0.15) is 5.26 Å². The molecule has 26 heavy (non-hydrogen) atoms. The average Bonchev–Trinajstić information content (AvgIpc) is 2.70. The zero-order chi connectivity index (χ0) is 18.4. The van der Waals surface area contributed by atoms with Crippen molar-refractivity contribution in [3.8, 4) is 22.9 Å². The topological polar surface area (TPSA) is 62.1 Å². The smallest absolute Gasteiger partial charge is 0.265 e. The quantitative estimate of drug-likeness (QED) is 0.735. The maximum atomic E-state index is 12.3. The minimum absolute atomic E-state index is 0.234. The maximum Gasteiger partial charge on any atom is 0.265 e. The van der Waals surface area contributed by atoms with E-state index < -0.39 is 6.10 Å². The van der Waals surface area contributed by atoms with Crippen LogP contribution in [0.2, 0.25) is 0 Å². The molecule has 0 heterocycles. The summed E-state index contributed by atoms with van der Waals surface area (Å²) in [5.74, 6) is 0.313. The number of nitrogens with one attached hydrogen (secondary N) is 1. The molecular weight excluding hydrogens is 324 g/mol. The van der Waals surface area contributed by atoms with E-state index in [0.29, 0.717) is 17.0 Å². The molecule has 3 rings (SSSR count). The highest BCUT2D eigenvalue weighted by Gasteiger charge is 2.15. The first-order valence-corrected chi connectivity index (χ1v) is 8.29. The highest BCUT2D eigenvalue weighted by atomic mass is 16.5. The molecule has 1 atom stereocenters. The van der Waals surface area contributed by atoms with Crippen molar-refractivity contribution in [2.45, 2.75) is 13.0 Å². The molecule has 0 saturated heterocycles. The number of carbonyl (C=O) groups excluding carboxylic acids is 1. The molecule has 0 aromatic heterocycles. The SMILES string of the molecule is C[C@@H](Oc1ccc(C#N)cc1)C(=O)Nc1ccc(-c2ccccc2)cc1. The van der Waals surface area contributed by atoms with Crippen molar-refractivity contribution < 1.29 is 9.53 Å². The molecular formula is C22H18N2O2. The second-order valence-electron chi connectivity index (χ2n) is 5.83. The van der Waals surface area contributed by atoms with E-state index in [1.54, 1.807) is 31.2 Å². The molecule has 0 saturated carbocycles. The zero-order valence-corrected chi connectivity index (χ0v) is 14.3. The normalized spacial score (nSPS) is 11.2. The van der Waals surface area contributed by atoms with E-state index in [9.17, 15) is 4.79 Å². The van der Waals surface area contributed by atoms with E-state index in [2.05, 4.69) is 5.32 Å². The van der Waals surface area contributed by atoms with Gasteiger partial charge < -0.3 is 10.1 Å². The van der Waals surface area contributed by atoms with E-state index >= 15 is 0 Å². The predicted octanol–water partition coefficient (Wildman–Crippen LogP) is 4.63. The Bertz CT molecular complexity index is 911.